The van der Waals surface area contributed by atoms with Gasteiger partial charge in [-0.25, -0.2) is 9.59 Å². The van der Waals surface area contributed by atoms with E-state index < -0.39 is 11.9 Å². The van der Waals surface area contributed by atoms with E-state index in [1.807, 2.05) is 18.2 Å². The topological polar surface area (TPSA) is 105 Å². The third-order valence-electron chi connectivity index (χ3n) is 3.17. The maximum absolute atomic E-state index is 9.10. The van der Waals surface area contributed by atoms with Crippen LogP contribution in [0.2, 0.25) is 0 Å². The number of carbonyl (C=O) groups is 2. The van der Waals surface area contributed by atoms with E-state index in [0.717, 1.165) is 30.9 Å². The van der Waals surface area contributed by atoms with E-state index in [0.29, 0.717) is 6.04 Å². The van der Waals surface area contributed by atoms with Crippen molar-refractivity contribution < 1.29 is 29.3 Å². The molecule has 0 saturated carbocycles. The minimum atomic E-state index is -1.82. The second kappa shape index (κ2) is 11.3. The van der Waals surface area contributed by atoms with Crippen molar-refractivity contribution >= 4 is 11.9 Å². The van der Waals surface area contributed by atoms with Crippen LogP contribution in [0.1, 0.15) is 32.3 Å². The van der Waals surface area contributed by atoms with Crippen LogP contribution in [0.5, 0.6) is 11.5 Å². The smallest absolute Gasteiger partial charge is 0.414 e. The number of aliphatic carboxylic acids is 2. The second-order valence-electron chi connectivity index (χ2n) is 4.73. The number of carboxylic acid groups (broad SMARTS) is 2. The molecule has 3 N–H and O–H groups in total. The first kappa shape index (κ1) is 20.7. The lowest BCUT2D eigenvalue weighted by atomic mass is 10.1. The van der Waals surface area contributed by atoms with Crippen LogP contribution in [0, 0.1) is 0 Å². The van der Waals surface area contributed by atoms with E-state index >= 15 is 0 Å². The molecule has 0 aliphatic carbocycles. The van der Waals surface area contributed by atoms with Crippen LogP contribution in [0.3, 0.4) is 0 Å². The number of hydrogen-bond acceptors (Lipinski definition) is 5. The molecule has 0 heterocycles. The molecule has 0 saturated heterocycles. The van der Waals surface area contributed by atoms with Gasteiger partial charge in [-0.3, -0.25) is 0 Å². The van der Waals surface area contributed by atoms with Gasteiger partial charge < -0.3 is 25.0 Å². The molecule has 23 heavy (non-hydrogen) atoms. The molecule has 0 unspecified atom stereocenters. The molecule has 1 aromatic carbocycles. The van der Waals surface area contributed by atoms with Gasteiger partial charge in [0.1, 0.15) is 11.5 Å². The Hall–Kier alpha value is -2.28. The van der Waals surface area contributed by atoms with Crippen LogP contribution < -0.4 is 14.8 Å². The van der Waals surface area contributed by atoms with Gasteiger partial charge in [0, 0.05) is 18.7 Å². The Labute approximate surface area is 136 Å². The van der Waals surface area contributed by atoms with Crippen molar-refractivity contribution in [2.45, 2.75) is 39.3 Å². The highest BCUT2D eigenvalue weighted by atomic mass is 16.5. The van der Waals surface area contributed by atoms with Gasteiger partial charge >= 0.3 is 11.9 Å². The van der Waals surface area contributed by atoms with Crippen LogP contribution in [0.4, 0.5) is 0 Å². The van der Waals surface area contributed by atoms with Crippen molar-refractivity contribution in [3.8, 4) is 11.5 Å². The number of benzene rings is 1. The molecule has 7 nitrogen and oxygen atoms in total. The van der Waals surface area contributed by atoms with Gasteiger partial charge in [-0.15, -0.1) is 0 Å². The molecule has 0 atom stereocenters. The van der Waals surface area contributed by atoms with E-state index in [1.165, 1.54) is 5.56 Å². The third kappa shape index (κ3) is 8.67. The molecular formula is C16H25NO6. The number of nitrogens with one attached hydrogen (secondary N) is 1. The fourth-order valence-electron chi connectivity index (χ4n) is 1.81. The lowest BCUT2D eigenvalue weighted by molar-refractivity contribution is -0.159. The molecule has 0 aliphatic rings. The first-order valence-corrected chi connectivity index (χ1v) is 7.29. The van der Waals surface area contributed by atoms with E-state index in [-0.39, 0.29) is 0 Å². The zero-order chi connectivity index (χ0) is 17.8. The summed E-state index contributed by atoms with van der Waals surface area (Å²) in [6.45, 7) is 5.25. The van der Waals surface area contributed by atoms with Crippen molar-refractivity contribution in [3.05, 3.63) is 23.8 Å². The first-order chi connectivity index (χ1) is 10.9. The quantitative estimate of drug-likeness (QED) is 0.659. The number of rotatable bonds is 7. The van der Waals surface area contributed by atoms with Crippen molar-refractivity contribution in [1.82, 2.24) is 5.32 Å². The first-order valence-electron chi connectivity index (χ1n) is 7.29. The molecule has 1 rings (SSSR count). The summed E-state index contributed by atoms with van der Waals surface area (Å²) in [5.74, 6) is -1.97. The van der Waals surface area contributed by atoms with Gasteiger partial charge in [0.25, 0.3) is 0 Å². The third-order valence-corrected chi connectivity index (χ3v) is 3.17. The maximum Gasteiger partial charge on any atom is 0.414 e. The molecular weight excluding hydrogens is 302 g/mol. The molecule has 0 radical (unpaired) electrons. The molecule has 0 aromatic heterocycles. The molecule has 0 fully saturated rings. The van der Waals surface area contributed by atoms with Gasteiger partial charge in [-0.05, 0) is 30.5 Å². The summed E-state index contributed by atoms with van der Waals surface area (Å²) in [6, 6.07) is 6.54. The lowest BCUT2D eigenvalue weighted by Crippen LogP contribution is -2.26. The predicted octanol–water partition coefficient (Wildman–Crippen LogP) is 2.14. The summed E-state index contributed by atoms with van der Waals surface area (Å²) in [7, 11) is 3.35. The highest BCUT2D eigenvalue weighted by molar-refractivity contribution is 6.27. The van der Waals surface area contributed by atoms with E-state index in [1.54, 1.807) is 14.2 Å². The summed E-state index contributed by atoms with van der Waals surface area (Å²) in [4.78, 5) is 18.2. The fourth-order valence-corrected chi connectivity index (χ4v) is 1.81. The molecule has 0 spiro atoms. The largest absolute Gasteiger partial charge is 0.497 e. The van der Waals surface area contributed by atoms with Crippen LogP contribution in [0.15, 0.2) is 18.2 Å². The summed E-state index contributed by atoms with van der Waals surface area (Å²) in [5, 5.41) is 18.3. The molecule has 7 heteroatoms. The normalized spacial score (nSPS) is 9.78. The Morgan fingerprint density at radius 1 is 1.00 bits per heavy atom. The van der Waals surface area contributed by atoms with Crippen LogP contribution in [0.25, 0.3) is 0 Å². The second-order valence-corrected chi connectivity index (χ2v) is 4.73. The molecule has 0 bridgehead atoms. The van der Waals surface area contributed by atoms with Gasteiger partial charge in [-0.1, -0.05) is 13.8 Å². The molecule has 1 aromatic rings. The summed E-state index contributed by atoms with van der Waals surface area (Å²) >= 11 is 0. The SMILES string of the molecule is CCC(CC)NCc1cc(OC)cc(OC)c1.O=C(O)C(=O)O. The average Bonchev–Trinajstić information content (AvgIpc) is 2.55. The summed E-state index contributed by atoms with van der Waals surface area (Å²) in [6.07, 6.45) is 2.30. The summed E-state index contributed by atoms with van der Waals surface area (Å²) in [5.41, 5.74) is 1.19. The maximum atomic E-state index is 9.10. The highest BCUT2D eigenvalue weighted by Gasteiger charge is 2.05. The Morgan fingerprint density at radius 2 is 1.43 bits per heavy atom. The zero-order valence-corrected chi connectivity index (χ0v) is 14.0. The number of hydrogen-bond donors (Lipinski definition) is 3. The fraction of sp³-hybridized carbons (Fsp3) is 0.500. The van der Waals surface area contributed by atoms with E-state index in [2.05, 4.69) is 19.2 Å². The number of ether oxygens (including phenoxy) is 2. The zero-order valence-electron chi connectivity index (χ0n) is 14.0. The Morgan fingerprint density at radius 3 is 1.74 bits per heavy atom. The van der Waals surface area contributed by atoms with Gasteiger partial charge in [-0.2, -0.15) is 0 Å². The highest BCUT2D eigenvalue weighted by Crippen LogP contribution is 2.22. The summed E-state index contributed by atoms with van der Waals surface area (Å²) < 4.78 is 10.5. The Balaban J connectivity index is 0.000000688. The monoisotopic (exact) mass is 327 g/mol. The van der Waals surface area contributed by atoms with Gasteiger partial charge in [0.05, 0.1) is 14.2 Å². The molecule has 0 aliphatic heterocycles. The minimum absolute atomic E-state index is 0.576. The molecule has 130 valence electrons. The van der Waals surface area contributed by atoms with Crippen LogP contribution >= 0.6 is 0 Å². The average molecular weight is 327 g/mol. The Kier molecular flexibility index (Phi) is 10.2. The van der Waals surface area contributed by atoms with E-state index in [9.17, 15) is 0 Å². The van der Waals surface area contributed by atoms with E-state index in [4.69, 9.17) is 29.3 Å². The predicted molar refractivity (Wildman–Crippen MR) is 86.0 cm³/mol. The van der Waals surface area contributed by atoms with Crippen molar-refractivity contribution in [1.29, 1.82) is 0 Å². The van der Waals surface area contributed by atoms with Crippen molar-refractivity contribution in [2.75, 3.05) is 14.2 Å². The van der Waals surface area contributed by atoms with Gasteiger partial charge in [0.15, 0.2) is 0 Å². The minimum Gasteiger partial charge on any atom is -0.497 e. The van der Waals surface area contributed by atoms with Crippen molar-refractivity contribution in [2.24, 2.45) is 0 Å². The Bertz CT molecular complexity index is 465. The van der Waals surface area contributed by atoms with Crippen LogP contribution in [-0.4, -0.2) is 42.4 Å². The number of methoxy groups -OCH3 is 2. The number of carboxylic acids is 2. The van der Waals surface area contributed by atoms with Crippen LogP contribution in [-0.2, 0) is 16.1 Å². The van der Waals surface area contributed by atoms with Gasteiger partial charge in [0.2, 0.25) is 0 Å². The lowest BCUT2D eigenvalue weighted by Gasteiger charge is -2.15. The standard InChI is InChI=1S/C14H23NO2.C2H2O4/c1-5-12(6-2)15-10-11-7-13(16-3)9-14(8-11)17-4;3-1(4)2(5)6/h7-9,12,15H,5-6,10H2,1-4H3;(H,3,4)(H,5,6). The molecule has 0 amide bonds. The van der Waals surface area contributed by atoms with Crippen molar-refractivity contribution in [3.63, 3.8) is 0 Å².